The molecule has 2 aromatic heterocycles. The van der Waals surface area contributed by atoms with Crippen LogP contribution >= 0.6 is 22.7 Å². The molecule has 0 saturated heterocycles. The lowest BCUT2D eigenvalue weighted by atomic mass is 9.78. The van der Waals surface area contributed by atoms with Crippen LogP contribution in [-0.4, -0.2) is 9.97 Å². The van der Waals surface area contributed by atoms with E-state index < -0.39 is 0 Å². The Morgan fingerprint density at radius 3 is 2.72 bits per heavy atom. The minimum atomic E-state index is -0.203. The van der Waals surface area contributed by atoms with Gasteiger partial charge in [-0.2, -0.15) is 0 Å². The molecule has 0 atom stereocenters. The fourth-order valence-corrected chi connectivity index (χ4v) is 3.98. The van der Waals surface area contributed by atoms with Gasteiger partial charge in [0.05, 0.1) is 11.0 Å². The topological polar surface area (TPSA) is 51.8 Å². The van der Waals surface area contributed by atoms with Crippen molar-refractivity contribution in [2.75, 3.05) is 0 Å². The Kier molecular flexibility index (Phi) is 3.21. The zero-order valence-electron chi connectivity index (χ0n) is 10.4. The molecule has 1 aliphatic carbocycles. The molecule has 0 spiro atoms. The predicted molar refractivity (Wildman–Crippen MR) is 76.7 cm³/mol. The van der Waals surface area contributed by atoms with Gasteiger partial charge in [-0.25, -0.2) is 9.97 Å². The number of nitrogens with two attached hydrogens (primary N) is 1. The summed E-state index contributed by atoms with van der Waals surface area (Å²) in [5.74, 6) is 0.805. The molecule has 0 amide bonds. The fraction of sp³-hybridized carbons (Fsp3) is 0.538. The van der Waals surface area contributed by atoms with Crippen LogP contribution < -0.4 is 5.73 Å². The number of hydrogen-bond acceptors (Lipinski definition) is 5. The minimum absolute atomic E-state index is 0.203. The van der Waals surface area contributed by atoms with Crippen molar-refractivity contribution in [3.05, 3.63) is 21.3 Å². The Morgan fingerprint density at radius 2 is 2.06 bits per heavy atom. The highest BCUT2D eigenvalue weighted by Gasteiger charge is 2.34. The van der Waals surface area contributed by atoms with E-state index in [9.17, 15) is 0 Å². The molecule has 2 heterocycles. The molecule has 2 aromatic rings. The smallest absolute Gasteiger partial charge is 0.113 e. The third kappa shape index (κ3) is 2.22. The summed E-state index contributed by atoms with van der Waals surface area (Å²) in [6.45, 7) is 2.31. The molecule has 2 N–H and O–H groups in total. The first-order valence-electron chi connectivity index (χ1n) is 6.31. The van der Waals surface area contributed by atoms with Crippen LogP contribution in [0.15, 0.2) is 16.3 Å². The summed E-state index contributed by atoms with van der Waals surface area (Å²) >= 11 is 3.28. The van der Waals surface area contributed by atoms with Crippen molar-refractivity contribution in [1.29, 1.82) is 0 Å². The molecule has 1 aliphatic rings. The number of nitrogens with zero attached hydrogens (tertiary/aromatic N) is 2. The molecule has 0 aromatic carbocycles. The Balaban J connectivity index is 1.85. The summed E-state index contributed by atoms with van der Waals surface area (Å²) in [6, 6.07) is 0. The highest BCUT2D eigenvalue weighted by atomic mass is 32.1. The van der Waals surface area contributed by atoms with Gasteiger partial charge in [-0.15, -0.1) is 22.7 Å². The van der Waals surface area contributed by atoms with E-state index in [0.717, 1.165) is 35.2 Å². The van der Waals surface area contributed by atoms with E-state index in [2.05, 4.69) is 17.3 Å². The monoisotopic (exact) mass is 279 g/mol. The molecule has 0 bridgehead atoms. The second kappa shape index (κ2) is 4.72. The van der Waals surface area contributed by atoms with E-state index in [4.69, 9.17) is 10.7 Å². The number of hydrogen-bond donors (Lipinski definition) is 1. The first kappa shape index (κ1) is 12.3. The SMILES string of the molecule is CC1CCC(N)(c2nc(-c3cscn3)cs2)CC1. The zero-order valence-corrected chi connectivity index (χ0v) is 12.1. The third-order valence-electron chi connectivity index (χ3n) is 3.79. The molecular formula is C13H17N3S2. The first-order chi connectivity index (χ1) is 8.67. The Morgan fingerprint density at radius 1 is 1.28 bits per heavy atom. The maximum atomic E-state index is 6.54. The molecule has 1 saturated carbocycles. The summed E-state index contributed by atoms with van der Waals surface area (Å²) in [5.41, 5.74) is 10.1. The van der Waals surface area contributed by atoms with Crippen molar-refractivity contribution in [1.82, 2.24) is 9.97 Å². The van der Waals surface area contributed by atoms with Crippen LogP contribution in [-0.2, 0) is 5.54 Å². The summed E-state index contributed by atoms with van der Waals surface area (Å²) in [4.78, 5) is 9.01. The molecule has 3 nitrogen and oxygen atoms in total. The largest absolute Gasteiger partial charge is 0.319 e. The van der Waals surface area contributed by atoms with E-state index in [1.807, 2.05) is 10.9 Å². The molecule has 0 radical (unpaired) electrons. The first-order valence-corrected chi connectivity index (χ1v) is 8.13. The normalized spacial score (nSPS) is 28.4. The Hall–Kier alpha value is -0.780. The predicted octanol–water partition coefficient (Wildman–Crippen LogP) is 3.63. The van der Waals surface area contributed by atoms with Crippen LogP contribution in [0.2, 0.25) is 0 Å². The van der Waals surface area contributed by atoms with Crippen LogP contribution in [0.1, 0.15) is 37.6 Å². The van der Waals surface area contributed by atoms with Gasteiger partial charge in [0.15, 0.2) is 0 Å². The molecule has 0 unspecified atom stereocenters. The summed E-state index contributed by atoms with van der Waals surface area (Å²) in [6.07, 6.45) is 4.53. The zero-order chi connectivity index (χ0) is 12.6. The molecule has 3 rings (SSSR count). The number of thiazole rings is 2. The molecular weight excluding hydrogens is 262 g/mol. The fourth-order valence-electron chi connectivity index (χ4n) is 2.45. The maximum absolute atomic E-state index is 6.54. The van der Waals surface area contributed by atoms with Gasteiger partial charge < -0.3 is 5.73 Å². The standard InChI is InChI=1S/C13H17N3S2/c1-9-2-4-13(14,5-3-9)12-16-11(7-18-12)10-6-17-8-15-10/h6-9H,2-5,14H2,1H3. The van der Waals surface area contributed by atoms with Crippen molar-refractivity contribution in [2.24, 2.45) is 11.7 Å². The Labute approximate surface area is 115 Å². The van der Waals surface area contributed by atoms with Crippen LogP contribution in [0.5, 0.6) is 0 Å². The number of aromatic nitrogens is 2. The molecule has 5 heteroatoms. The quantitative estimate of drug-likeness (QED) is 0.913. The van der Waals surface area contributed by atoms with Gasteiger partial charge in [-0.3, -0.25) is 0 Å². The van der Waals surface area contributed by atoms with E-state index in [1.165, 1.54) is 12.8 Å². The summed E-state index contributed by atoms with van der Waals surface area (Å²) in [5, 5.41) is 5.19. The van der Waals surface area contributed by atoms with Crippen molar-refractivity contribution in [2.45, 2.75) is 38.1 Å². The van der Waals surface area contributed by atoms with Gasteiger partial charge in [-0.05, 0) is 31.6 Å². The molecule has 96 valence electrons. The van der Waals surface area contributed by atoms with Gasteiger partial charge in [0.25, 0.3) is 0 Å². The van der Waals surface area contributed by atoms with Crippen LogP contribution in [0.25, 0.3) is 11.4 Å². The van der Waals surface area contributed by atoms with Gasteiger partial charge in [0.2, 0.25) is 0 Å². The highest BCUT2D eigenvalue weighted by molar-refractivity contribution is 7.10. The average molecular weight is 279 g/mol. The second-order valence-electron chi connectivity index (χ2n) is 5.25. The maximum Gasteiger partial charge on any atom is 0.113 e. The van der Waals surface area contributed by atoms with E-state index in [0.29, 0.717) is 0 Å². The van der Waals surface area contributed by atoms with Gasteiger partial charge in [0.1, 0.15) is 16.4 Å². The lowest BCUT2D eigenvalue weighted by Crippen LogP contribution is -2.40. The van der Waals surface area contributed by atoms with E-state index >= 15 is 0 Å². The Bertz CT molecular complexity index is 510. The summed E-state index contributed by atoms with van der Waals surface area (Å²) in [7, 11) is 0. The minimum Gasteiger partial charge on any atom is -0.319 e. The lowest BCUT2D eigenvalue weighted by molar-refractivity contribution is 0.247. The van der Waals surface area contributed by atoms with Crippen LogP contribution in [0.4, 0.5) is 0 Å². The van der Waals surface area contributed by atoms with Crippen LogP contribution in [0.3, 0.4) is 0 Å². The molecule has 0 aliphatic heterocycles. The lowest BCUT2D eigenvalue weighted by Gasteiger charge is -2.34. The van der Waals surface area contributed by atoms with Crippen molar-refractivity contribution in [3.63, 3.8) is 0 Å². The van der Waals surface area contributed by atoms with E-state index in [-0.39, 0.29) is 5.54 Å². The highest BCUT2D eigenvalue weighted by Crippen LogP contribution is 2.39. The molecule has 1 fully saturated rings. The van der Waals surface area contributed by atoms with Gasteiger partial charge in [0, 0.05) is 10.8 Å². The van der Waals surface area contributed by atoms with Crippen molar-refractivity contribution >= 4 is 22.7 Å². The van der Waals surface area contributed by atoms with Gasteiger partial charge in [-0.1, -0.05) is 6.92 Å². The summed E-state index contributed by atoms with van der Waals surface area (Å²) < 4.78 is 0. The van der Waals surface area contributed by atoms with Crippen molar-refractivity contribution < 1.29 is 0 Å². The number of rotatable bonds is 2. The van der Waals surface area contributed by atoms with Gasteiger partial charge >= 0.3 is 0 Å². The third-order valence-corrected chi connectivity index (χ3v) is 5.44. The second-order valence-corrected chi connectivity index (χ2v) is 6.83. The van der Waals surface area contributed by atoms with Crippen molar-refractivity contribution in [3.8, 4) is 11.4 Å². The van der Waals surface area contributed by atoms with Crippen LogP contribution in [0, 0.1) is 5.92 Å². The molecule has 18 heavy (non-hydrogen) atoms. The van der Waals surface area contributed by atoms with E-state index in [1.54, 1.807) is 22.7 Å². The average Bonchev–Trinajstić information content (AvgIpc) is 3.01.